The van der Waals surface area contributed by atoms with Crippen LogP contribution in [0.5, 0.6) is 0 Å². The summed E-state index contributed by atoms with van der Waals surface area (Å²) in [6.45, 7) is 4.87. The first kappa shape index (κ1) is 14.4. The second-order valence-corrected chi connectivity index (χ2v) is 3.56. The molecule has 102 valence electrons. The van der Waals surface area contributed by atoms with Gasteiger partial charge in [-0.05, 0) is 6.92 Å². The van der Waals surface area contributed by atoms with E-state index < -0.39 is 24.0 Å². The van der Waals surface area contributed by atoms with Gasteiger partial charge in [-0.3, -0.25) is 14.9 Å². The van der Waals surface area contributed by atoms with Crippen LogP contribution in [-0.2, 0) is 16.0 Å². The molecule has 0 aromatic carbocycles. The third-order valence-corrected chi connectivity index (χ3v) is 2.01. The van der Waals surface area contributed by atoms with Gasteiger partial charge in [0.2, 0.25) is 0 Å². The van der Waals surface area contributed by atoms with E-state index in [0.29, 0.717) is 0 Å². The molecule has 0 radical (unpaired) electrons. The van der Waals surface area contributed by atoms with Crippen LogP contribution in [0.2, 0.25) is 0 Å². The van der Waals surface area contributed by atoms with Crippen molar-refractivity contribution < 1.29 is 19.4 Å². The number of aryl methyl sites for hydroxylation is 1. The fourth-order valence-electron chi connectivity index (χ4n) is 1.30. The van der Waals surface area contributed by atoms with Crippen LogP contribution < -0.4 is 10.9 Å². The van der Waals surface area contributed by atoms with Crippen LogP contribution in [0.15, 0.2) is 17.4 Å². The Kier molecular flexibility index (Phi) is 4.81. The van der Waals surface area contributed by atoms with E-state index in [0.717, 1.165) is 0 Å². The summed E-state index contributed by atoms with van der Waals surface area (Å²) in [5, 5.41) is 11.0. The fraction of sp³-hybridized carbons (Fsp3) is 0.273. The molecular weight excluding hydrogens is 254 g/mol. The van der Waals surface area contributed by atoms with E-state index in [1.807, 2.05) is 0 Å². The summed E-state index contributed by atoms with van der Waals surface area (Å²) in [5.74, 6) is -1.09. The standard InChI is InChI=1S/C11H13N3O5/c1-3-4-19-11(18)14-9-7(5-8(15)16)10(17)13-6(2)12-9/h3H,1,4-5H2,2H3,(H,15,16)(H2,12,13,14,17,18). The molecule has 1 amide bonds. The van der Waals surface area contributed by atoms with Gasteiger partial charge in [-0.15, -0.1) is 0 Å². The molecule has 3 N–H and O–H groups in total. The molecule has 1 heterocycles. The Hall–Kier alpha value is -2.64. The van der Waals surface area contributed by atoms with Gasteiger partial charge in [0.25, 0.3) is 5.56 Å². The van der Waals surface area contributed by atoms with Gasteiger partial charge >= 0.3 is 12.1 Å². The molecule has 0 unspecified atom stereocenters. The first-order valence-electron chi connectivity index (χ1n) is 5.30. The minimum Gasteiger partial charge on any atom is -0.481 e. The molecule has 0 aliphatic carbocycles. The van der Waals surface area contributed by atoms with Gasteiger partial charge in [0.15, 0.2) is 0 Å². The molecule has 8 heteroatoms. The van der Waals surface area contributed by atoms with Crippen molar-refractivity contribution in [2.24, 2.45) is 0 Å². The van der Waals surface area contributed by atoms with Crippen LogP contribution >= 0.6 is 0 Å². The number of nitrogens with one attached hydrogen (secondary N) is 2. The normalized spacial score (nSPS) is 9.74. The molecule has 1 aromatic heterocycles. The number of carboxylic acids is 1. The third-order valence-electron chi connectivity index (χ3n) is 2.01. The summed E-state index contributed by atoms with van der Waals surface area (Å²) in [6.07, 6.45) is -0.0301. The van der Waals surface area contributed by atoms with Gasteiger partial charge in [0, 0.05) is 0 Å². The average molecular weight is 267 g/mol. The van der Waals surface area contributed by atoms with Gasteiger partial charge in [0.05, 0.1) is 12.0 Å². The number of aliphatic carboxylic acids is 1. The zero-order chi connectivity index (χ0) is 14.4. The molecular formula is C11H13N3O5. The molecule has 1 rings (SSSR count). The highest BCUT2D eigenvalue weighted by Crippen LogP contribution is 2.09. The van der Waals surface area contributed by atoms with Crippen LogP contribution in [0.25, 0.3) is 0 Å². The van der Waals surface area contributed by atoms with Gasteiger partial charge in [0.1, 0.15) is 18.2 Å². The number of hydrogen-bond donors (Lipinski definition) is 3. The van der Waals surface area contributed by atoms with Crippen LogP contribution in [0.3, 0.4) is 0 Å². The Bertz CT molecular complexity index is 564. The molecule has 1 aromatic rings. The number of amides is 1. The zero-order valence-corrected chi connectivity index (χ0v) is 10.2. The van der Waals surface area contributed by atoms with E-state index in [1.54, 1.807) is 0 Å². The highest BCUT2D eigenvalue weighted by molar-refractivity contribution is 5.85. The van der Waals surface area contributed by atoms with Crippen LogP contribution in [0, 0.1) is 6.92 Å². The highest BCUT2D eigenvalue weighted by Gasteiger charge is 2.16. The molecule has 0 aliphatic heterocycles. The molecule has 0 saturated carbocycles. The second-order valence-electron chi connectivity index (χ2n) is 3.56. The first-order valence-corrected chi connectivity index (χ1v) is 5.30. The summed E-state index contributed by atoms with van der Waals surface area (Å²) in [6, 6.07) is 0. The summed E-state index contributed by atoms with van der Waals surface area (Å²) >= 11 is 0. The van der Waals surface area contributed by atoms with Crippen molar-refractivity contribution in [2.75, 3.05) is 11.9 Å². The van der Waals surface area contributed by atoms with Gasteiger partial charge in [-0.25, -0.2) is 9.78 Å². The monoisotopic (exact) mass is 267 g/mol. The van der Waals surface area contributed by atoms with Crippen LogP contribution in [0.4, 0.5) is 10.6 Å². The molecule has 19 heavy (non-hydrogen) atoms. The minimum absolute atomic E-state index is 0.0116. The Morgan fingerprint density at radius 2 is 2.26 bits per heavy atom. The number of H-pyrrole nitrogens is 1. The van der Waals surface area contributed by atoms with E-state index in [9.17, 15) is 14.4 Å². The molecule has 0 atom stereocenters. The third kappa shape index (κ3) is 4.26. The summed E-state index contributed by atoms with van der Waals surface area (Å²) in [7, 11) is 0. The number of aromatic amines is 1. The minimum atomic E-state index is -1.21. The molecule has 0 aliphatic rings. The lowest BCUT2D eigenvalue weighted by Crippen LogP contribution is -2.24. The van der Waals surface area contributed by atoms with Gasteiger partial charge in [-0.2, -0.15) is 0 Å². The van der Waals surface area contributed by atoms with E-state index >= 15 is 0 Å². The second kappa shape index (κ2) is 6.34. The van der Waals surface area contributed by atoms with E-state index in [2.05, 4.69) is 26.6 Å². The summed E-state index contributed by atoms with van der Waals surface area (Å²) in [5.41, 5.74) is -0.762. The van der Waals surface area contributed by atoms with Gasteiger partial charge < -0.3 is 14.8 Å². The van der Waals surface area contributed by atoms with Crippen molar-refractivity contribution in [3.63, 3.8) is 0 Å². The lowest BCUT2D eigenvalue weighted by atomic mass is 10.2. The van der Waals surface area contributed by atoms with Crippen molar-refractivity contribution in [1.82, 2.24) is 9.97 Å². The summed E-state index contributed by atoms with van der Waals surface area (Å²) < 4.78 is 4.67. The molecule has 0 bridgehead atoms. The van der Waals surface area contributed by atoms with Crippen molar-refractivity contribution >= 4 is 17.9 Å². The SMILES string of the molecule is C=CCOC(=O)Nc1nc(C)[nH]c(=O)c1CC(=O)O. The number of anilines is 1. The molecule has 8 nitrogen and oxygen atoms in total. The zero-order valence-electron chi connectivity index (χ0n) is 10.2. The maximum atomic E-state index is 11.6. The fourth-order valence-corrected chi connectivity index (χ4v) is 1.30. The largest absolute Gasteiger partial charge is 0.481 e. The molecule has 0 spiro atoms. The quantitative estimate of drug-likeness (QED) is 0.665. The number of aromatic nitrogens is 2. The van der Waals surface area contributed by atoms with Crippen molar-refractivity contribution in [3.05, 3.63) is 34.4 Å². The van der Waals surface area contributed by atoms with Crippen LogP contribution in [0.1, 0.15) is 11.4 Å². The summed E-state index contributed by atoms with van der Waals surface area (Å²) in [4.78, 5) is 39.9. The predicted molar refractivity (Wildman–Crippen MR) is 66.1 cm³/mol. The highest BCUT2D eigenvalue weighted by atomic mass is 16.5. The lowest BCUT2D eigenvalue weighted by molar-refractivity contribution is -0.136. The number of rotatable bonds is 5. The van der Waals surface area contributed by atoms with Crippen molar-refractivity contribution in [3.8, 4) is 0 Å². The number of carbonyl (C=O) groups is 2. The average Bonchev–Trinajstić information content (AvgIpc) is 2.30. The number of carbonyl (C=O) groups excluding carboxylic acids is 1. The molecule has 0 fully saturated rings. The number of carboxylic acid groups (broad SMARTS) is 1. The lowest BCUT2D eigenvalue weighted by Gasteiger charge is -2.08. The Morgan fingerprint density at radius 3 is 2.84 bits per heavy atom. The van der Waals surface area contributed by atoms with E-state index in [4.69, 9.17) is 5.11 Å². The van der Waals surface area contributed by atoms with Crippen molar-refractivity contribution in [2.45, 2.75) is 13.3 Å². The maximum Gasteiger partial charge on any atom is 0.413 e. The number of ether oxygens (including phenoxy) is 1. The first-order chi connectivity index (χ1) is 8.93. The predicted octanol–water partition coefficient (Wildman–Crippen LogP) is 0.440. The van der Waals surface area contributed by atoms with Crippen LogP contribution in [-0.4, -0.2) is 33.7 Å². The Morgan fingerprint density at radius 1 is 1.58 bits per heavy atom. The van der Waals surface area contributed by atoms with E-state index in [1.165, 1.54) is 13.0 Å². The number of hydrogen-bond acceptors (Lipinski definition) is 5. The smallest absolute Gasteiger partial charge is 0.413 e. The molecule has 0 saturated heterocycles. The Labute approximate surface area is 108 Å². The topological polar surface area (TPSA) is 121 Å². The Balaban J connectivity index is 3.03. The maximum absolute atomic E-state index is 11.6. The number of nitrogens with zero attached hydrogens (tertiary/aromatic N) is 1. The van der Waals surface area contributed by atoms with Crippen molar-refractivity contribution in [1.29, 1.82) is 0 Å². The van der Waals surface area contributed by atoms with Gasteiger partial charge in [-0.1, -0.05) is 12.7 Å². The van der Waals surface area contributed by atoms with E-state index in [-0.39, 0.29) is 23.8 Å².